The van der Waals surface area contributed by atoms with Crippen LogP contribution < -0.4 is 21.1 Å². The maximum atomic E-state index is 13.4. The molecule has 2 aromatic heterocycles. The minimum atomic E-state index is -0.159. The summed E-state index contributed by atoms with van der Waals surface area (Å²) < 4.78 is 6.54. The van der Waals surface area contributed by atoms with E-state index in [1.165, 1.54) is 5.56 Å². The first-order valence-electron chi connectivity index (χ1n) is 11.7. The number of anilines is 2. The van der Waals surface area contributed by atoms with Crippen molar-refractivity contribution < 1.29 is 4.74 Å². The number of hydrogen-bond acceptors (Lipinski definition) is 8. The number of aromatic amines is 1. The van der Waals surface area contributed by atoms with Crippen LogP contribution in [0.3, 0.4) is 0 Å². The van der Waals surface area contributed by atoms with Gasteiger partial charge in [0.25, 0.3) is 5.56 Å². The lowest BCUT2D eigenvalue weighted by atomic mass is 9.87. The lowest BCUT2D eigenvalue weighted by Gasteiger charge is -2.29. The first kappa shape index (κ1) is 22.3. The number of benzene rings is 1. The Labute approximate surface area is 197 Å². The average Bonchev–Trinajstić information content (AvgIpc) is 3.22. The van der Waals surface area contributed by atoms with Crippen molar-refractivity contribution in [1.82, 2.24) is 20.3 Å². The summed E-state index contributed by atoms with van der Waals surface area (Å²) in [7, 11) is 0. The monoisotopic (exact) mass is 468 g/mol. The minimum Gasteiger partial charge on any atom is -0.378 e. The molecule has 2 saturated heterocycles. The number of H-pyrrole nitrogens is 1. The highest BCUT2D eigenvalue weighted by Gasteiger charge is 2.24. The van der Waals surface area contributed by atoms with Gasteiger partial charge in [0, 0.05) is 25.7 Å². The van der Waals surface area contributed by atoms with E-state index in [4.69, 9.17) is 14.7 Å². The Bertz CT molecular complexity index is 1190. The van der Waals surface area contributed by atoms with E-state index in [1.807, 2.05) is 0 Å². The van der Waals surface area contributed by atoms with Gasteiger partial charge in [0.1, 0.15) is 16.4 Å². The van der Waals surface area contributed by atoms with E-state index in [0.717, 1.165) is 36.1 Å². The van der Waals surface area contributed by atoms with Crippen LogP contribution >= 0.6 is 11.3 Å². The smallest absolute Gasteiger partial charge is 0.264 e. The topological polar surface area (TPSA) is 95.2 Å². The van der Waals surface area contributed by atoms with Crippen LogP contribution in [0.1, 0.15) is 39.2 Å². The van der Waals surface area contributed by atoms with Crippen molar-refractivity contribution in [2.45, 2.75) is 45.1 Å². The fourth-order valence-electron chi connectivity index (χ4n) is 4.36. The van der Waals surface area contributed by atoms with E-state index in [0.29, 0.717) is 48.6 Å². The summed E-state index contributed by atoms with van der Waals surface area (Å²) >= 11 is 1.54. The van der Waals surface area contributed by atoms with E-state index in [-0.39, 0.29) is 17.0 Å². The first-order valence-corrected chi connectivity index (χ1v) is 12.6. The van der Waals surface area contributed by atoms with Crippen molar-refractivity contribution in [3.63, 3.8) is 0 Å². The molecule has 0 spiro atoms. The normalized spacial score (nSPS) is 19.7. The van der Waals surface area contributed by atoms with Crippen LogP contribution in [0.2, 0.25) is 0 Å². The molecule has 5 rings (SSSR count). The molecule has 8 nitrogen and oxygen atoms in total. The molecule has 0 amide bonds. The maximum absolute atomic E-state index is 13.4. The largest absolute Gasteiger partial charge is 0.378 e. The number of piperidine rings is 1. The number of nitrogens with zero attached hydrogens (tertiary/aromatic N) is 3. The Balaban J connectivity index is 1.58. The molecule has 1 unspecified atom stereocenters. The molecule has 0 bridgehead atoms. The minimum absolute atomic E-state index is 0.0392. The Kier molecular flexibility index (Phi) is 6.11. The molecule has 1 atom stereocenters. The van der Waals surface area contributed by atoms with Gasteiger partial charge in [0.05, 0.1) is 23.4 Å². The fourth-order valence-corrected chi connectivity index (χ4v) is 5.35. The molecule has 4 heterocycles. The fraction of sp³-hybridized carbons (Fsp3) is 0.542. The number of ether oxygens (including phenoxy) is 1. The summed E-state index contributed by atoms with van der Waals surface area (Å²) in [6.45, 7) is 11.2. The second-order valence-electron chi connectivity index (χ2n) is 9.85. The third kappa shape index (κ3) is 4.76. The van der Waals surface area contributed by atoms with Crippen LogP contribution in [0, 0.1) is 0 Å². The molecule has 3 aromatic rings. The number of hydrogen-bond donors (Lipinski definition) is 3. The molecule has 2 aliphatic rings. The Morgan fingerprint density at radius 3 is 2.76 bits per heavy atom. The highest BCUT2D eigenvalue weighted by molar-refractivity contribution is 7.21. The summed E-state index contributed by atoms with van der Waals surface area (Å²) in [4.78, 5) is 28.3. The third-order valence-electron chi connectivity index (χ3n) is 6.32. The summed E-state index contributed by atoms with van der Waals surface area (Å²) in [5.41, 5.74) is 2.55. The summed E-state index contributed by atoms with van der Waals surface area (Å²) in [6, 6.07) is 6.63. The molecular weight excluding hydrogens is 436 g/mol. The highest BCUT2D eigenvalue weighted by atomic mass is 32.1. The van der Waals surface area contributed by atoms with Gasteiger partial charge in [-0.15, -0.1) is 11.3 Å². The molecule has 33 heavy (non-hydrogen) atoms. The first-order chi connectivity index (χ1) is 15.9. The summed E-state index contributed by atoms with van der Waals surface area (Å²) in [5, 5.41) is 7.69. The summed E-state index contributed by atoms with van der Waals surface area (Å²) in [6.07, 6.45) is 2.14. The van der Waals surface area contributed by atoms with Crippen molar-refractivity contribution in [3.8, 4) is 10.6 Å². The van der Waals surface area contributed by atoms with Crippen molar-refractivity contribution in [3.05, 3.63) is 34.1 Å². The average molecular weight is 469 g/mol. The zero-order valence-corrected chi connectivity index (χ0v) is 20.3. The quantitative estimate of drug-likeness (QED) is 0.540. The second-order valence-corrected chi connectivity index (χ2v) is 10.9. The SMILES string of the molecule is CC(C)(C)c1ccc2sc(-c3c(NC4CCCNC4)nc(N4CCOCC4)[nH]c3=O)nc2c1. The van der Waals surface area contributed by atoms with Gasteiger partial charge >= 0.3 is 0 Å². The molecule has 0 saturated carbocycles. The van der Waals surface area contributed by atoms with E-state index < -0.39 is 0 Å². The molecule has 2 aliphatic heterocycles. The van der Waals surface area contributed by atoms with Gasteiger partial charge in [-0.3, -0.25) is 9.78 Å². The van der Waals surface area contributed by atoms with Crippen LogP contribution in [0.5, 0.6) is 0 Å². The molecule has 3 N–H and O–H groups in total. The second kappa shape index (κ2) is 9.04. The Hall–Kier alpha value is -2.49. The Morgan fingerprint density at radius 2 is 2.03 bits per heavy atom. The van der Waals surface area contributed by atoms with Gasteiger partial charge < -0.3 is 20.3 Å². The predicted molar refractivity (Wildman–Crippen MR) is 135 cm³/mol. The number of thiazole rings is 1. The van der Waals surface area contributed by atoms with Crippen molar-refractivity contribution in [2.24, 2.45) is 0 Å². The zero-order chi connectivity index (χ0) is 23.0. The van der Waals surface area contributed by atoms with Crippen LogP contribution in [0.4, 0.5) is 11.8 Å². The van der Waals surface area contributed by atoms with E-state index >= 15 is 0 Å². The van der Waals surface area contributed by atoms with Gasteiger partial charge in [-0.25, -0.2) is 4.98 Å². The van der Waals surface area contributed by atoms with Gasteiger partial charge in [-0.1, -0.05) is 26.8 Å². The number of aromatic nitrogens is 3. The number of morpholine rings is 1. The van der Waals surface area contributed by atoms with Crippen molar-refractivity contribution >= 4 is 33.3 Å². The zero-order valence-electron chi connectivity index (χ0n) is 19.5. The lowest BCUT2D eigenvalue weighted by Crippen LogP contribution is -2.40. The van der Waals surface area contributed by atoms with Gasteiger partial charge in [0.2, 0.25) is 5.95 Å². The highest BCUT2D eigenvalue weighted by Crippen LogP contribution is 2.35. The summed E-state index contributed by atoms with van der Waals surface area (Å²) in [5.74, 6) is 1.21. The molecule has 176 valence electrons. The van der Waals surface area contributed by atoms with Crippen molar-refractivity contribution in [1.29, 1.82) is 0 Å². The maximum Gasteiger partial charge on any atom is 0.264 e. The van der Waals surface area contributed by atoms with Crippen LogP contribution in [0.25, 0.3) is 20.8 Å². The van der Waals surface area contributed by atoms with Gasteiger partial charge in [0.15, 0.2) is 0 Å². The standard InChI is InChI=1S/C24H32N6O2S/c1-24(2,3)15-6-7-18-17(13-15)27-22(33-18)19-20(26-16-5-4-8-25-14-16)28-23(29-21(19)31)30-9-11-32-12-10-30/h6-7,13,16,25H,4-5,8-12,14H2,1-3H3,(H2,26,28,29,31). The third-order valence-corrected chi connectivity index (χ3v) is 7.38. The van der Waals surface area contributed by atoms with Crippen LogP contribution in [-0.2, 0) is 10.2 Å². The predicted octanol–water partition coefficient (Wildman–Crippen LogP) is 3.34. The van der Waals surface area contributed by atoms with E-state index in [9.17, 15) is 4.79 Å². The van der Waals surface area contributed by atoms with Gasteiger partial charge in [-0.2, -0.15) is 4.98 Å². The van der Waals surface area contributed by atoms with Crippen LogP contribution in [0.15, 0.2) is 23.0 Å². The number of fused-ring (bicyclic) bond motifs is 1. The van der Waals surface area contributed by atoms with E-state index in [1.54, 1.807) is 11.3 Å². The lowest BCUT2D eigenvalue weighted by molar-refractivity contribution is 0.122. The molecular formula is C24H32N6O2S. The molecule has 1 aromatic carbocycles. The Morgan fingerprint density at radius 1 is 1.21 bits per heavy atom. The van der Waals surface area contributed by atoms with E-state index in [2.05, 4.69) is 59.5 Å². The van der Waals surface area contributed by atoms with Crippen LogP contribution in [-0.4, -0.2) is 60.4 Å². The molecule has 2 fully saturated rings. The number of nitrogens with one attached hydrogen (secondary N) is 3. The molecule has 0 radical (unpaired) electrons. The number of rotatable bonds is 4. The van der Waals surface area contributed by atoms with Crippen molar-refractivity contribution in [2.75, 3.05) is 49.6 Å². The van der Waals surface area contributed by atoms with Gasteiger partial charge in [-0.05, 0) is 42.5 Å². The molecule has 0 aliphatic carbocycles. The molecule has 9 heteroatoms.